The van der Waals surface area contributed by atoms with E-state index in [4.69, 9.17) is 0 Å². The van der Waals surface area contributed by atoms with Crippen molar-refractivity contribution in [3.05, 3.63) is 63.9 Å². The number of halogens is 1. The molecule has 0 saturated heterocycles. The van der Waals surface area contributed by atoms with Crippen LogP contribution in [0, 0.1) is 0 Å². The fourth-order valence-corrected chi connectivity index (χ4v) is 2.02. The molecule has 0 amide bonds. The fraction of sp³-hybridized carbons (Fsp3) is 0.143. The lowest BCUT2D eigenvalue weighted by atomic mass is 10.0. The molecular weight excluding hydrogens is 278 g/mol. The summed E-state index contributed by atoms with van der Waals surface area (Å²) >= 11 is 3.34. The van der Waals surface area contributed by atoms with Gasteiger partial charge in [-0.1, -0.05) is 31.2 Å². The molecule has 0 bridgehead atoms. The monoisotopic (exact) mass is 289 g/mol. The molecule has 0 aliphatic heterocycles. The SMILES string of the molecule is CCc1ccc(C(=O)c2ncccc2Br)cc1. The minimum Gasteiger partial charge on any atom is -0.287 e. The maximum atomic E-state index is 12.2. The van der Waals surface area contributed by atoms with Crippen molar-refractivity contribution in [3.63, 3.8) is 0 Å². The standard InChI is InChI=1S/C14H12BrNO/c1-2-10-5-7-11(8-6-10)14(17)13-12(15)4-3-9-16-13/h3-9H,2H2,1H3. The van der Waals surface area contributed by atoms with E-state index in [1.165, 1.54) is 5.56 Å². The van der Waals surface area contributed by atoms with E-state index in [1.54, 1.807) is 12.3 Å². The van der Waals surface area contributed by atoms with Crippen molar-refractivity contribution in [1.29, 1.82) is 0 Å². The number of pyridine rings is 1. The summed E-state index contributed by atoms with van der Waals surface area (Å²) in [6.07, 6.45) is 2.60. The zero-order chi connectivity index (χ0) is 12.3. The van der Waals surface area contributed by atoms with Crippen LogP contribution >= 0.6 is 15.9 Å². The molecule has 0 aliphatic carbocycles. The third kappa shape index (κ3) is 2.61. The largest absolute Gasteiger partial charge is 0.287 e. The topological polar surface area (TPSA) is 30.0 Å². The molecule has 86 valence electrons. The zero-order valence-electron chi connectivity index (χ0n) is 9.48. The van der Waals surface area contributed by atoms with Crippen LogP contribution in [-0.4, -0.2) is 10.8 Å². The van der Waals surface area contributed by atoms with Crippen molar-refractivity contribution in [1.82, 2.24) is 4.98 Å². The maximum absolute atomic E-state index is 12.2. The highest BCUT2D eigenvalue weighted by Gasteiger charge is 2.13. The van der Waals surface area contributed by atoms with E-state index in [9.17, 15) is 4.79 Å². The molecule has 3 heteroatoms. The van der Waals surface area contributed by atoms with Gasteiger partial charge in [0.05, 0.1) is 0 Å². The second kappa shape index (κ2) is 5.23. The molecule has 1 aromatic heterocycles. The number of carbonyl (C=O) groups excluding carboxylic acids is 1. The lowest BCUT2D eigenvalue weighted by molar-refractivity contribution is 0.103. The van der Waals surface area contributed by atoms with Crippen molar-refractivity contribution in [2.75, 3.05) is 0 Å². The molecule has 2 rings (SSSR count). The van der Waals surface area contributed by atoms with Crippen molar-refractivity contribution in [3.8, 4) is 0 Å². The van der Waals surface area contributed by atoms with Gasteiger partial charge in [-0.25, -0.2) is 0 Å². The summed E-state index contributed by atoms with van der Waals surface area (Å²) in [6, 6.07) is 11.3. The Bertz CT molecular complexity index is 534. The lowest BCUT2D eigenvalue weighted by Gasteiger charge is -2.03. The average Bonchev–Trinajstić information content (AvgIpc) is 2.39. The quantitative estimate of drug-likeness (QED) is 0.808. The van der Waals surface area contributed by atoms with Gasteiger partial charge in [0, 0.05) is 16.2 Å². The summed E-state index contributed by atoms with van der Waals surface area (Å²) < 4.78 is 0.726. The predicted octanol–water partition coefficient (Wildman–Crippen LogP) is 3.64. The molecule has 0 fully saturated rings. The first-order chi connectivity index (χ1) is 8.22. The minimum atomic E-state index is -0.0554. The Balaban J connectivity index is 2.34. The molecule has 1 heterocycles. The number of rotatable bonds is 3. The highest BCUT2D eigenvalue weighted by atomic mass is 79.9. The molecule has 0 atom stereocenters. The fourth-order valence-electron chi connectivity index (χ4n) is 1.58. The molecule has 0 spiro atoms. The van der Waals surface area contributed by atoms with Crippen molar-refractivity contribution < 1.29 is 4.79 Å². The molecule has 0 aliphatic rings. The van der Waals surface area contributed by atoms with Crippen molar-refractivity contribution in [2.45, 2.75) is 13.3 Å². The molecule has 2 aromatic rings. The lowest BCUT2D eigenvalue weighted by Crippen LogP contribution is -2.04. The minimum absolute atomic E-state index is 0.0554. The third-order valence-corrected chi connectivity index (χ3v) is 3.24. The smallest absolute Gasteiger partial charge is 0.212 e. The van der Waals surface area contributed by atoms with E-state index in [2.05, 4.69) is 27.8 Å². The second-order valence-electron chi connectivity index (χ2n) is 3.71. The van der Waals surface area contributed by atoms with Gasteiger partial charge in [0.25, 0.3) is 0 Å². The van der Waals surface area contributed by atoms with Crippen LogP contribution in [0.3, 0.4) is 0 Å². The second-order valence-corrected chi connectivity index (χ2v) is 4.57. The van der Waals surface area contributed by atoms with Gasteiger partial charge in [0.2, 0.25) is 5.78 Å². The number of carbonyl (C=O) groups is 1. The van der Waals surface area contributed by atoms with E-state index in [-0.39, 0.29) is 5.78 Å². The van der Waals surface area contributed by atoms with Gasteiger partial charge in [0.15, 0.2) is 0 Å². The molecule has 0 N–H and O–H groups in total. The predicted molar refractivity (Wildman–Crippen MR) is 71.2 cm³/mol. The van der Waals surface area contributed by atoms with Crippen LogP contribution in [0.1, 0.15) is 28.5 Å². The van der Waals surface area contributed by atoms with Crippen LogP contribution in [-0.2, 0) is 6.42 Å². The Hall–Kier alpha value is -1.48. The van der Waals surface area contributed by atoms with E-state index in [0.717, 1.165) is 10.9 Å². The van der Waals surface area contributed by atoms with Gasteiger partial charge in [0.1, 0.15) is 5.69 Å². The molecule has 2 nitrogen and oxygen atoms in total. The van der Waals surface area contributed by atoms with E-state index in [1.807, 2.05) is 30.3 Å². The third-order valence-electron chi connectivity index (χ3n) is 2.60. The molecular formula is C14H12BrNO. The molecule has 17 heavy (non-hydrogen) atoms. The van der Waals surface area contributed by atoms with Crippen LogP contribution in [0.5, 0.6) is 0 Å². The van der Waals surface area contributed by atoms with Crippen LogP contribution in [0.4, 0.5) is 0 Å². The number of nitrogens with zero attached hydrogens (tertiary/aromatic N) is 1. The first kappa shape index (κ1) is 12.0. The highest BCUT2D eigenvalue weighted by molar-refractivity contribution is 9.10. The van der Waals surface area contributed by atoms with Crippen LogP contribution < -0.4 is 0 Å². The molecule has 1 aromatic carbocycles. The van der Waals surface area contributed by atoms with Crippen molar-refractivity contribution in [2.24, 2.45) is 0 Å². The highest BCUT2D eigenvalue weighted by Crippen LogP contribution is 2.17. The van der Waals surface area contributed by atoms with Gasteiger partial charge in [-0.05, 0) is 40.0 Å². The number of ketones is 1. The first-order valence-electron chi connectivity index (χ1n) is 5.46. The van der Waals surface area contributed by atoms with Gasteiger partial charge in [-0.2, -0.15) is 0 Å². The van der Waals surface area contributed by atoms with Gasteiger partial charge >= 0.3 is 0 Å². The number of hydrogen-bond acceptors (Lipinski definition) is 2. The van der Waals surface area contributed by atoms with E-state index < -0.39 is 0 Å². The summed E-state index contributed by atoms with van der Waals surface area (Å²) in [5.74, 6) is -0.0554. The van der Waals surface area contributed by atoms with Gasteiger partial charge in [-0.3, -0.25) is 9.78 Å². The summed E-state index contributed by atoms with van der Waals surface area (Å²) in [4.78, 5) is 16.3. The molecule has 0 radical (unpaired) electrons. The van der Waals surface area contributed by atoms with E-state index >= 15 is 0 Å². The number of benzene rings is 1. The van der Waals surface area contributed by atoms with Crippen molar-refractivity contribution >= 4 is 21.7 Å². The Labute approximate surface area is 109 Å². The summed E-state index contributed by atoms with van der Waals surface area (Å²) in [5.41, 5.74) is 2.35. The van der Waals surface area contributed by atoms with Crippen LogP contribution in [0.15, 0.2) is 47.1 Å². The Kier molecular flexibility index (Phi) is 3.69. The normalized spacial score (nSPS) is 10.2. The maximum Gasteiger partial charge on any atom is 0.212 e. The summed E-state index contributed by atoms with van der Waals surface area (Å²) in [7, 11) is 0. The number of aryl methyl sites for hydroxylation is 1. The van der Waals surface area contributed by atoms with Gasteiger partial charge < -0.3 is 0 Å². The Morgan fingerprint density at radius 2 is 1.94 bits per heavy atom. The van der Waals surface area contributed by atoms with Gasteiger partial charge in [-0.15, -0.1) is 0 Å². The van der Waals surface area contributed by atoms with Crippen LogP contribution in [0.25, 0.3) is 0 Å². The summed E-state index contributed by atoms with van der Waals surface area (Å²) in [6.45, 7) is 2.09. The Morgan fingerprint density at radius 1 is 1.24 bits per heavy atom. The number of aromatic nitrogens is 1. The van der Waals surface area contributed by atoms with Crippen LogP contribution in [0.2, 0.25) is 0 Å². The molecule has 0 saturated carbocycles. The molecule has 0 unspecified atom stereocenters. The Morgan fingerprint density at radius 3 is 2.53 bits per heavy atom. The van der Waals surface area contributed by atoms with E-state index in [0.29, 0.717) is 11.3 Å². The summed E-state index contributed by atoms with van der Waals surface area (Å²) in [5, 5.41) is 0. The average molecular weight is 290 g/mol. The zero-order valence-corrected chi connectivity index (χ0v) is 11.1. The first-order valence-corrected chi connectivity index (χ1v) is 6.26. The number of hydrogen-bond donors (Lipinski definition) is 0.